The summed E-state index contributed by atoms with van der Waals surface area (Å²) < 4.78 is 21.5. The number of hydrogen-bond donors (Lipinski definition) is 1. The van der Waals surface area contributed by atoms with Crippen LogP contribution in [0.5, 0.6) is 0 Å². The fourth-order valence-electron chi connectivity index (χ4n) is 4.13. The fraction of sp³-hybridized carbons (Fsp3) is 0.458. The number of nitrogens with zero attached hydrogens (tertiary/aromatic N) is 2. The highest BCUT2D eigenvalue weighted by atomic mass is 19.1. The summed E-state index contributed by atoms with van der Waals surface area (Å²) in [5, 5.41) is 3.13. The molecule has 32 heavy (non-hydrogen) atoms. The van der Waals surface area contributed by atoms with Gasteiger partial charge in [0.1, 0.15) is 11.6 Å². The number of carbonyl (C=O) groups excluding carboxylic acids is 1. The lowest BCUT2D eigenvalue weighted by molar-refractivity contribution is -0.136. The van der Waals surface area contributed by atoms with Gasteiger partial charge in [-0.1, -0.05) is 38.8 Å². The molecule has 1 aromatic heterocycles. The molecular formula is C24H30FN3O4. The van der Waals surface area contributed by atoms with Gasteiger partial charge in [-0.15, -0.1) is 0 Å². The third-order valence-electron chi connectivity index (χ3n) is 5.83. The molecule has 0 saturated carbocycles. The van der Waals surface area contributed by atoms with E-state index in [0.717, 1.165) is 19.3 Å². The van der Waals surface area contributed by atoms with Gasteiger partial charge in [0.15, 0.2) is 0 Å². The van der Waals surface area contributed by atoms with E-state index in [4.69, 9.17) is 4.74 Å². The number of rotatable bonds is 8. The van der Waals surface area contributed by atoms with Gasteiger partial charge in [-0.25, -0.2) is 14.0 Å². The molecule has 2 aromatic rings. The molecule has 0 saturated heterocycles. The molecular weight excluding hydrogens is 413 g/mol. The summed E-state index contributed by atoms with van der Waals surface area (Å²) in [4.78, 5) is 39.7. The Morgan fingerprint density at radius 2 is 1.66 bits per heavy atom. The van der Waals surface area contributed by atoms with Crippen LogP contribution in [-0.4, -0.2) is 22.2 Å². The van der Waals surface area contributed by atoms with Crippen molar-refractivity contribution in [3.63, 3.8) is 0 Å². The number of unbranched alkanes of at least 4 members (excludes halogenated alkanes) is 2. The molecule has 0 aliphatic carbocycles. The van der Waals surface area contributed by atoms with E-state index in [2.05, 4.69) is 5.32 Å². The van der Waals surface area contributed by atoms with Crippen molar-refractivity contribution < 1.29 is 13.9 Å². The van der Waals surface area contributed by atoms with Crippen LogP contribution in [0.15, 0.2) is 45.1 Å². The molecule has 1 aromatic carbocycles. The van der Waals surface area contributed by atoms with Gasteiger partial charge in [0.05, 0.1) is 24.2 Å². The normalized spacial score (nSPS) is 15.3. The summed E-state index contributed by atoms with van der Waals surface area (Å²) >= 11 is 0. The van der Waals surface area contributed by atoms with E-state index in [-0.39, 0.29) is 11.3 Å². The number of fused-ring (bicyclic) bond motifs is 1. The molecule has 1 N–H and O–H groups in total. The number of hydrogen-bond acceptors (Lipinski definition) is 5. The van der Waals surface area contributed by atoms with Crippen molar-refractivity contribution >= 4 is 11.8 Å². The highest BCUT2D eigenvalue weighted by Crippen LogP contribution is 2.40. The summed E-state index contributed by atoms with van der Waals surface area (Å²) in [7, 11) is 1.28. The zero-order chi connectivity index (χ0) is 23.4. The first-order chi connectivity index (χ1) is 15.3. The van der Waals surface area contributed by atoms with Crippen LogP contribution in [-0.2, 0) is 22.6 Å². The van der Waals surface area contributed by atoms with Crippen LogP contribution in [0.3, 0.4) is 0 Å². The van der Waals surface area contributed by atoms with Crippen LogP contribution in [0.4, 0.5) is 10.2 Å². The lowest BCUT2D eigenvalue weighted by Gasteiger charge is -2.31. The van der Waals surface area contributed by atoms with Gasteiger partial charge < -0.3 is 10.1 Å². The predicted octanol–water partition coefficient (Wildman–Crippen LogP) is 3.75. The SMILES string of the molecule is CCCCn1c2c(c(=O)n(CCCC)c1=O)C(c1ccc(F)cc1)C(C(=O)OC)=C(C)N2. The lowest BCUT2D eigenvalue weighted by atomic mass is 9.82. The van der Waals surface area contributed by atoms with Crippen molar-refractivity contribution in [3.8, 4) is 0 Å². The number of aromatic nitrogens is 2. The van der Waals surface area contributed by atoms with Crippen molar-refractivity contribution in [1.82, 2.24) is 9.13 Å². The molecule has 8 heteroatoms. The Morgan fingerprint density at radius 1 is 1.06 bits per heavy atom. The molecule has 0 fully saturated rings. The predicted molar refractivity (Wildman–Crippen MR) is 121 cm³/mol. The average molecular weight is 444 g/mol. The van der Waals surface area contributed by atoms with Gasteiger partial charge in [-0.05, 0) is 37.5 Å². The topological polar surface area (TPSA) is 82.3 Å². The maximum Gasteiger partial charge on any atom is 0.336 e. The monoisotopic (exact) mass is 443 g/mol. The Hall–Kier alpha value is -3.16. The summed E-state index contributed by atoms with van der Waals surface area (Å²) in [5.41, 5.74) is 0.834. The average Bonchev–Trinajstić information content (AvgIpc) is 2.78. The van der Waals surface area contributed by atoms with Crippen molar-refractivity contribution in [2.75, 3.05) is 12.4 Å². The van der Waals surface area contributed by atoms with Crippen LogP contribution >= 0.6 is 0 Å². The minimum atomic E-state index is -0.784. The molecule has 0 amide bonds. The number of halogens is 1. The summed E-state index contributed by atoms with van der Waals surface area (Å²) in [6.45, 7) is 6.46. The number of esters is 1. The first-order valence-corrected chi connectivity index (χ1v) is 11.0. The second-order valence-corrected chi connectivity index (χ2v) is 8.00. The van der Waals surface area contributed by atoms with Crippen molar-refractivity contribution in [3.05, 3.63) is 73.3 Å². The third kappa shape index (κ3) is 4.26. The molecule has 1 unspecified atom stereocenters. The van der Waals surface area contributed by atoms with E-state index >= 15 is 0 Å². The Bertz CT molecular complexity index is 1150. The smallest absolute Gasteiger partial charge is 0.336 e. The zero-order valence-electron chi connectivity index (χ0n) is 19.0. The highest BCUT2D eigenvalue weighted by Gasteiger charge is 2.37. The second-order valence-electron chi connectivity index (χ2n) is 8.00. The number of methoxy groups -OCH3 is 1. The Morgan fingerprint density at radius 3 is 2.22 bits per heavy atom. The number of benzene rings is 1. The first kappa shape index (κ1) is 23.5. The zero-order valence-corrected chi connectivity index (χ0v) is 19.0. The first-order valence-electron chi connectivity index (χ1n) is 11.0. The summed E-state index contributed by atoms with van der Waals surface area (Å²) in [6, 6.07) is 5.71. The minimum Gasteiger partial charge on any atom is -0.466 e. The van der Waals surface area contributed by atoms with Crippen LogP contribution < -0.4 is 16.6 Å². The van der Waals surface area contributed by atoms with Gasteiger partial charge in [-0.3, -0.25) is 13.9 Å². The number of carbonyl (C=O) groups is 1. The van der Waals surface area contributed by atoms with Crippen LogP contribution in [0.1, 0.15) is 63.5 Å². The molecule has 1 aliphatic heterocycles. The van der Waals surface area contributed by atoms with E-state index < -0.39 is 23.3 Å². The maximum atomic E-state index is 13.7. The Kier molecular flexibility index (Phi) is 7.33. The molecule has 0 radical (unpaired) electrons. The molecule has 0 bridgehead atoms. The van der Waals surface area contributed by atoms with E-state index in [0.29, 0.717) is 42.2 Å². The highest BCUT2D eigenvalue weighted by molar-refractivity contribution is 5.94. The standard InChI is InChI=1S/C24H30FN3O4/c1-5-7-13-27-21-20(22(29)28(24(27)31)14-8-6-2)19(16-9-11-17(25)12-10-16)18(15(3)26-21)23(30)32-4/h9-12,19,26H,5-8,13-14H2,1-4H3. The summed E-state index contributed by atoms with van der Waals surface area (Å²) in [6.07, 6.45) is 3.13. The molecule has 1 atom stereocenters. The number of ether oxygens (including phenoxy) is 1. The van der Waals surface area contributed by atoms with Gasteiger partial charge >= 0.3 is 11.7 Å². The number of anilines is 1. The third-order valence-corrected chi connectivity index (χ3v) is 5.83. The Labute approximate surface area is 186 Å². The maximum absolute atomic E-state index is 13.7. The number of nitrogens with one attached hydrogen (secondary N) is 1. The van der Waals surface area contributed by atoms with Crippen LogP contribution in [0, 0.1) is 5.82 Å². The van der Waals surface area contributed by atoms with E-state index in [1.54, 1.807) is 23.6 Å². The van der Waals surface area contributed by atoms with E-state index in [1.807, 2.05) is 13.8 Å². The molecule has 1 aliphatic rings. The van der Waals surface area contributed by atoms with Gasteiger partial charge in [0.25, 0.3) is 5.56 Å². The van der Waals surface area contributed by atoms with Crippen molar-refractivity contribution in [2.45, 2.75) is 65.5 Å². The lowest BCUT2D eigenvalue weighted by Crippen LogP contribution is -2.45. The quantitative estimate of drug-likeness (QED) is 0.629. The van der Waals surface area contributed by atoms with E-state index in [1.165, 1.54) is 23.8 Å². The number of allylic oxidation sites excluding steroid dienone is 1. The van der Waals surface area contributed by atoms with Crippen molar-refractivity contribution in [1.29, 1.82) is 0 Å². The van der Waals surface area contributed by atoms with Crippen LogP contribution in [0.25, 0.3) is 0 Å². The van der Waals surface area contributed by atoms with Gasteiger partial charge in [-0.2, -0.15) is 0 Å². The van der Waals surface area contributed by atoms with Gasteiger partial charge in [0, 0.05) is 18.8 Å². The molecule has 0 spiro atoms. The summed E-state index contributed by atoms with van der Waals surface area (Å²) in [5.74, 6) is -1.40. The second kappa shape index (κ2) is 9.97. The van der Waals surface area contributed by atoms with Crippen LogP contribution in [0.2, 0.25) is 0 Å². The van der Waals surface area contributed by atoms with Gasteiger partial charge in [0.2, 0.25) is 0 Å². The fourth-order valence-corrected chi connectivity index (χ4v) is 4.13. The van der Waals surface area contributed by atoms with E-state index in [9.17, 15) is 18.8 Å². The molecule has 2 heterocycles. The molecule has 7 nitrogen and oxygen atoms in total. The molecule has 3 rings (SSSR count). The largest absolute Gasteiger partial charge is 0.466 e. The molecule has 172 valence electrons. The minimum absolute atomic E-state index is 0.270. The Balaban J connectivity index is 2.38. The van der Waals surface area contributed by atoms with Crippen molar-refractivity contribution in [2.24, 2.45) is 0 Å².